The zero-order chi connectivity index (χ0) is 22.2. The molecule has 0 radical (unpaired) electrons. The van der Waals surface area contributed by atoms with Crippen molar-refractivity contribution < 1.29 is 13.9 Å². The Morgan fingerprint density at radius 3 is 2.59 bits per heavy atom. The van der Waals surface area contributed by atoms with Crippen LogP contribution in [0.15, 0.2) is 47.6 Å². The second kappa shape index (κ2) is 8.64. The molecule has 2 aromatic rings. The van der Waals surface area contributed by atoms with E-state index in [1.807, 2.05) is 12.1 Å². The molecule has 168 valence electrons. The van der Waals surface area contributed by atoms with Crippen LogP contribution in [0.25, 0.3) is 0 Å². The standard InChI is InChI=1S/C25H29FN4O2/c1-28-11-13-29(14-12-28)16-23(31)30-25(18-3-7-19(26)8-4-18)21-10-6-17-5-9-20(32-2)15-22(17)24(21)27-30/h3-5,7-9,15,21,25H,6,10-14,16H2,1-2H3/t21?,25-/m1/s1. The van der Waals surface area contributed by atoms with Gasteiger partial charge in [0.05, 0.1) is 25.4 Å². The van der Waals surface area contributed by atoms with E-state index in [9.17, 15) is 9.18 Å². The van der Waals surface area contributed by atoms with E-state index in [0.29, 0.717) is 6.54 Å². The number of hydrogen-bond donors (Lipinski definition) is 0. The number of hydrazone groups is 1. The number of halogens is 1. The number of ether oxygens (including phenoxy) is 1. The Morgan fingerprint density at radius 2 is 1.88 bits per heavy atom. The highest BCUT2D eigenvalue weighted by molar-refractivity contribution is 6.07. The quantitative estimate of drug-likeness (QED) is 0.740. The van der Waals surface area contributed by atoms with Crippen molar-refractivity contribution in [1.29, 1.82) is 0 Å². The highest BCUT2D eigenvalue weighted by Crippen LogP contribution is 2.44. The first-order valence-corrected chi connectivity index (χ1v) is 11.3. The summed E-state index contributed by atoms with van der Waals surface area (Å²) in [6.07, 6.45) is 1.82. The first-order chi connectivity index (χ1) is 15.5. The molecule has 1 saturated heterocycles. The van der Waals surface area contributed by atoms with Crippen molar-refractivity contribution in [3.63, 3.8) is 0 Å². The van der Waals surface area contributed by atoms with E-state index < -0.39 is 0 Å². The van der Waals surface area contributed by atoms with Gasteiger partial charge >= 0.3 is 0 Å². The van der Waals surface area contributed by atoms with Crippen LogP contribution in [0.5, 0.6) is 5.75 Å². The second-order valence-electron chi connectivity index (χ2n) is 8.97. The van der Waals surface area contributed by atoms with E-state index in [2.05, 4.69) is 22.9 Å². The molecule has 0 spiro atoms. The number of aryl methyl sites for hydroxylation is 1. The summed E-state index contributed by atoms with van der Waals surface area (Å²) in [6, 6.07) is 12.4. The zero-order valence-electron chi connectivity index (χ0n) is 18.6. The molecular formula is C25H29FN4O2. The molecule has 3 aliphatic rings. The number of fused-ring (bicyclic) bond motifs is 3. The van der Waals surface area contributed by atoms with Crippen LogP contribution in [-0.2, 0) is 11.2 Å². The fourth-order valence-corrected chi connectivity index (χ4v) is 5.08. The van der Waals surface area contributed by atoms with Crippen LogP contribution < -0.4 is 4.74 Å². The molecule has 6 nitrogen and oxygen atoms in total. The molecule has 1 unspecified atom stereocenters. The van der Waals surface area contributed by atoms with Gasteiger partial charge in [-0.2, -0.15) is 5.10 Å². The Hall–Kier alpha value is -2.77. The van der Waals surface area contributed by atoms with Gasteiger partial charge in [0.2, 0.25) is 0 Å². The van der Waals surface area contributed by atoms with Gasteiger partial charge in [-0.15, -0.1) is 0 Å². The van der Waals surface area contributed by atoms with Crippen molar-refractivity contribution in [2.45, 2.75) is 18.9 Å². The van der Waals surface area contributed by atoms with Gasteiger partial charge in [-0.1, -0.05) is 18.2 Å². The smallest absolute Gasteiger partial charge is 0.257 e. The molecular weight excluding hydrogens is 407 g/mol. The summed E-state index contributed by atoms with van der Waals surface area (Å²) in [5, 5.41) is 6.57. The predicted molar refractivity (Wildman–Crippen MR) is 121 cm³/mol. The number of amides is 1. The monoisotopic (exact) mass is 436 g/mol. The van der Waals surface area contributed by atoms with Crippen molar-refractivity contribution in [2.75, 3.05) is 46.9 Å². The highest BCUT2D eigenvalue weighted by Gasteiger charge is 2.44. The highest BCUT2D eigenvalue weighted by atomic mass is 19.1. The minimum Gasteiger partial charge on any atom is -0.497 e. The summed E-state index contributed by atoms with van der Waals surface area (Å²) >= 11 is 0. The van der Waals surface area contributed by atoms with Gasteiger partial charge in [-0.3, -0.25) is 9.69 Å². The van der Waals surface area contributed by atoms with E-state index in [1.165, 1.54) is 17.7 Å². The molecule has 5 rings (SSSR count). The average molecular weight is 437 g/mol. The number of hydrogen-bond acceptors (Lipinski definition) is 5. The van der Waals surface area contributed by atoms with E-state index >= 15 is 0 Å². The summed E-state index contributed by atoms with van der Waals surface area (Å²) in [6.45, 7) is 4.01. The van der Waals surface area contributed by atoms with Gasteiger partial charge in [-0.05, 0) is 55.3 Å². The molecule has 2 atom stereocenters. The van der Waals surface area contributed by atoms with Crippen LogP contribution in [0.2, 0.25) is 0 Å². The lowest BCUT2D eigenvalue weighted by Gasteiger charge is -2.34. The molecule has 0 bridgehead atoms. The largest absolute Gasteiger partial charge is 0.497 e. The lowest BCUT2D eigenvalue weighted by Crippen LogP contribution is -2.48. The number of likely N-dealkylation sites (N-methyl/N-ethyl adjacent to an activating group) is 1. The lowest BCUT2D eigenvalue weighted by molar-refractivity contribution is -0.135. The summed E-state index contributed by atoms with van der Waals surface area (Å²) in [5.41, 5.74) is 4.15. The first kappa shape index (κ1) is 21.1. The fourth-order valence-electron chi connectivity index (χ4n) is 5.08. The Labute approximate surface area is 188 Å². The predicted octanol–water partition coefficient (Wildman–Crippen LogP) is 2.93. The molecule has 2 heterocycles. The molecule has 1 amide bonds. The van der Waals surface area contributed by atoms with Gasteiger partial charge in [0.15, 0.2) is 0 Å². The molecule has 0 aromatic heterocycles. The molecule has 1 aliphatic carbocycles. The Balaban J connectivity index is 1.49. The number of nitrogens with zero attached hydrogens (tertiary/aromatic N) is 4. The summed E-state index contributed by atoms with van der Waals surface area (Å²) in [5.74, 6) is 0.585. The average Bonchev–Trinajstić information content (AvgIpc) is 3.21. The zero-order valence-corrected chi connectivity index (χ0v) is 18.6. The van der Waals surface area contributed by atoms with Crippen molar-refractivity contribution in [2.24, 2.45) is 11.0 Å². The third-order valence-corrected chi connectivity index (χ3v) is 6.95. The third kappa shape index (κ3) is 3.91. The van der Waals surface area contributed by atoms with E-state index in [0.717, 1.165) is 61.6 Å². The number of methoxy groups -OCH3 is 1. The van der Waals surface area contributed by atoms with Gasteiger partial charge < -0.3 is 9.64 Å². The summed E-state index contributed by atoms with van der Waals surface area (Å²) in [7, 11) is 3.76. The number of benzene rings is 2. The molecule has 0 N–H and O–H groups in total. The van der Waals surface area contributed by atoms with Crippen LogP contribution in [0.4, 0.5) is 4.39 Å². The third-order valence-electron chi connectivity index (χ3n) is 6.95. The van der Waals surface area contributed by atoms with E-state index in [4.69, 9.17) is 9.84 Å². The van der Waals surface area contributed by atoms with E-state index in [-0.39, 0.29) is 23.7 Å². The molecule has 0 saturated carbocycles. The van der Waals surface area contributed by atoms with Crippen LogP contribution in [0.3, 0.4) is 0 Å². The van der Waals surface area contributed by atoms with Crippen molar-refractivity contribution in [3.8, 4) is 5.75 Å². The second-order valence-corrected chi connectivity index (χ2v) is 8.97. The maximum absolute atomic E-state index is 13.6. The van der Waals surface area contributed by atoms with Gasteiger partial charge in [-0.25, -0.2) is 9.40 Å². The van der Waals surface area contributed by atoms with Crippen molar-refractivity contribution in [3.05, 3.63) is 65.0 Å². The number of carbonyl (C=O) groups is 1. The topological polar surface area (TPSA) is 48.4 Å². The van der Waals surface area contributed by atoms with E-state index in [1.54, 1.807) is 24.3 Å². The maximum Gasteiger partial charge on any atom is 0.257 e. The van der Waals surface area contributed by atoms with Crippen molar-refractivity contribution in [1.82, 2.24) is 14.8 Å². The molecule has 32 heavy (non-hydrogen) atoms. The first-order valence-electron chi connectivity index (χ1n) is 11.3. The SMILES string of the molecule is COc1ccc2c(c1)C1=NN(C(=O)CN3CCN(C)CC3)[C@H](c3ccc(F)cc3)C1CC2. The molecule has 7 heteroatoms. The van der Waals surface area contributed by atoms with Crippen LogP contribution in [-0.4, -0.2) is 73.3 Å². The minimum atomic E-state index is -0.276. The van der Waals surface area contributed by atoms with Crippen LogP contribution in [0.1, 0.15) is 29.2 Å². The van der Waals surface area contributed by atoms with Gasteiger partial charge in [0.1, 0.15) is 11.6 Å². The van der Waals surface area contributed by atoms with Crippen LogP contribution >= 0.6 is 0 Å². The molecule has 2 aliphatic heterocycles. The number of piperazine rings is 1. The van der Waals surface area contributed by atoms with Gasteiger partial charge in [0, 0.05) is 37.7 Å². The number of rotatable bonds is 4. The number of carbonyl (C=O) groups excluding carboxylic acids is 1. The minimum absolute atomic E-state index is 0.00442. The summed E-state index contributed by atoms with van der Waals surface area (Å²) < 4.78 is 19.1. The lowest BCUT2D eigenvalue weighted by atomic mass is 9.77. The van der Waals surface area contributed by atoms with Gasteiger partial charge in [0.25, 0.3) is 5.91 Å². The molecule has 2 aromatic carbocycles. The Morgan fingerprint density at radius 1 is 1.12 bits per heavy atom. The maximum atomic E-state index is 13.6. The Kier molecular flexibility index (Phi) is 5.69. The normalized spacial score (nSPS) is 23.5. The van der Waals surface area contributed by atoms with Crippen molar-refractivity contribution >= 4 is 11.6 Å². The van der Waals surface area contributed by atoms with Crippen LogP contribution in [0, 0.1) is 11.7 Å². The Bertz CT molecular complexity index is 1030. The molecule has 1 fully saturated rings. The fraction of sp³-hybridized carbons (Fsp3) is 0.440. The summed E-state index contributed by atoms with van der Waals surface area (Å²) in [4.78, 5) is 18.0.